The molecule has 3 atom stereocenters. The van der Waals surface area contributed by atoms with Crippen LogP contribution in [0.4, 0.5) is 43.9 Å². The molecule has 1 heterocycles. The van der Waals surface area contributed by atoms with Crippen LogP contribution in [0.1, 0.15) is 20.8 Å². The van der Waals surface area contributed by atoms with E-state index in [4.69, 9.17) is 15.3 Å². The van der Waals surface area contributed by atoms with E-state index in [0.29, 0.717) is 13.8 Å². The molecule has 1 aliphatic heterocycles. The summed E-state index contributed by atoms with van der Waals surface area (Å²) in [5.41, 5.74) is -3.31. The van der Waals surface area contributed by atoms with Gasteiger partial charge in [0.05, 0.1) is 0 Å². The van der Waals surface area contributed by atoms with Crippen LogP contribution in [0.5, 0.6) is 0 Å². The SMILES string of the molecule is CC(O)C(F)(F)C(O)(O)C(F)(F)F.CC1OC(C)(C(F)(F)F)C1(F)F. The van der Waals surface area contributed by atoms with E-state index in [-0.39, 0.29) is 0 Å². The molecule has 0 aliphatic carbocycles. The van der Waals surface area contributed by atoms with E-state index in [1.54, 1.807) is 0 Å². The van der Waals surface area contributed by atoms with Crippen molar-refractivity contribution < 1.29 is 64.0 Å². The van der Waals surface area contributed by atoms with E-state index in [9.17, 15) is 43.9 Å². The Balaban J connectivity index is 0.000000462. The fourth-order valence-electron chi connectivity index (χ4n) is 1.57. The molecule has 4 nitrogen and oxygen atoms in total. The maximum Gasteiger partial charge on any atom is 0.449 e. The summed E-state index contributed by atoms with van der Waals surface area (Å²) in [6.07, 6.45) is -15.5. The topological polar surface area (TPSA) is 69.9 Å². The second-order valence-electron chi connectivity index (χ2n) is 5.38. The lowest BCUT2D eigenvalue weighted by Gasteiger charge is -2.51. The zero-order chi connectivity index (χ0) is 20.9. The van der Waals surface area contributed by atoms with Crippen LogP contribution in [0.15, 0.2) is 0 Å². The molecule has 1 fully saturated rings. The molecular formula is C11H14F10O4. The summed E-state index contributed by atoms with van der Waals surface area (Å²) >= 11 is 0. The third kappa shape index (κ3) is 3.80. The van der Waals surface area contributed by atoms with E-state index in [1.165, 1.54) is 0 Å². The predicted molar refractivity (Wildman–Crippen MR) is 59.8 cm³/mol. The standard InChI is InChI=1S/C6H7F5O.C5H7F5O3/c1-3-5(7,8)4(2,12-3)6(9,10)11;1-2(11)3(6,7)4(12,13)5(8,9)10/h3H,1-2H3;2,11-13H,1H3. The number of alkyl halides is 10. The monoisotopic (exact) mass is 400 g/mol. The van der Waals surface area contributed by atoms with Crippen LogP contribution in [0.25, 0.3) is 0 Å². The summed E-state index contributed by atoms with van der Waals surface area (Å²) in [6, 6.07) is 0. The zero-order valence-electron chi connectivity index (χ0n) is 12.7. The van der Waals surface area contributed by atoms with E-state index in [0.717, 1.165) is 6.92 Å². The summed E-state index contributed by atoms with van der Waals surface area (Å²) in [4.78, 5) is 0. The Morgan fingerprint density at radius 2 is 1.32 bits per heavy atom. The van der Waals surface area contributed by atoms with Gasteiger partial charge in [0, 0.05) is 0 Å². The molecule has 0 saturated carbocycles. The molecule has 0 bridgehead atoms. The minimum absolute atomic E-state index is 0.312. The molecule has 0 aromatic carbocycles. The highest BCUT2D eigenvalue weighted by atomic mass is 19.4. The normalized spacial score (nSPS) is 28.6. The van der Waals surface area contributed by atoms with Gasteiger partial charge in [-0.25, -0.2) is 8.78 Å². The van der Waals surface area contributed by atoms with Crippen molar-refractivity contribution in [3.63, 3.8) is 0 Å². The highest BCUT2D eigenvalue weighted by Crippen LogP contribution is 2.55. The molecule has 0 aromatic rings. The quantitative estimate of drug-likeness (QED) is 0.493. The number of aliphatic hydroxyl groups excluding tert-OH is 1. The van der Waals surface area contributed by atoms with Crippen LogP contribution < -0.4 is 0 Å². The van der Waals surface area contributed by atoms with Crippen molar-refractivity contribution in [1.29, 1.82) is 0 Å². The Bertz CT molecular complexity index is 470. The minimum Gasteiger partial charge on any atom is -0.387 e. The third-order valence-electron chi connectivity index (χ3n) is 3.48. The first-order chi connectivity index (χ1) is 10.6. The fraction of sp³-hybridized carbons (Fsp3) is 1.00. The molecule has 152 valence electrons. The molecule has 3 N–H and O–H groups in total. The first kappa shape index (κ1) is 24.1. The summed E-state index contributed by atoms with van der Waals surface area (Å²) in [6.45, 7) is 1.58. The van der Waals surface area contributed by atoms with Gasteiger partial charge in [-0.1, -0.05) is 0 Å². The van der Waals surface area contributed by atoms with Gasteiger partial charge in [0.15, 0.2) is 0 Å². The van der Waals surface area contributed by atoms with Crippen LogP contribution >= 0.6 is 0 Å². The van der Waals surface area contributed by atoms with Crippen LogP contribution in [0, 0.1) is 0 Å². The van der Waals surface area contributed by atoms with Gasteiger partial charge in [0.2, 0.25) is 5.60 Å². The molecule has 0 radical (unpaired) electrons. The highest BCUT2D eigenvalue weighted by molar-refractivity contribution is 5.08. The Morgan fingerprint density at radius 1 is 0.960 bits per heavy atom. The molecule has 1 aliphatic rings. The minimum atomic E-state index is -5.94. The number of hydrogen-bond acceptors (Lipinski definition) is 4. The molecule has 1 rings (SSSR count). The van der Waals surface area contributed by atoms with Crippen LogP contribution in [0.3, 0.4) is 0 Å². The van der Waals surface area contributed by atoms with Crippen molar-refractivity contribution in [2.75, 3.05) is 0 Å². The van der Waals surface area contributed by atoms with E-state index in [2.05, 4.69) is 4.74 Å². The summed E-state index contributed by atoms with van der Waals surface area (Å²) in [7, 11) is 0. The lowest BCUT2D eigenvalue weighted by molar-refractivity contribution is -0.443. The third-order valence-corrected chi connectivity index (χ3v) is 3.48. The lowest BCUT2D eigenvalue weighted by Crippen LogP contribution is -2.73. The molecule has 14 heteroatoms. The smallest absolute Gasteiger partial charge is 0.387 e. The van der Waals surface area contributed by atoms with Crippen LogP contribution in [-0.2, 0) is 4.74 Å². The van der Waals surface area contributed by atoms with Crippen molar-refractivity contribution in [2.24, 2.45) is 0 Å². The largest absolute Gasteiger partial charge is 0.449 e. The van der Waals surface area contributed by atoms with Gasteiger partial charge in [-0.15, -0.1) is 0 Å². The van der Waals surface area contributed by atoms with Crippen molar-refractivity contribution >= 4 is 0 Å². The molecule has 3 unspecified atom stereocenters. The second kappa shape index (κ2) is 6.39. The molecule has 1 saturated heterocycles. The molecular weight excluding hydrogens is 386 g/mol. The maximum absolute atomic E-state index is 12.6. The molecule has 0 amide bonds. The number of rotatable bonds is 2. The number of halogens is 10. The Morgan fingerprint density at radius 3 is 1.40 bits per heavy atom. The average Bonchev–Trinajstić information content (AvgIpc) is 2.36. The summed E-state index contributed by atoms with van der Waals surface area (Å²) < 4.78 is 125. The number of aliphatic hydroxyl groups is 3. The molecule has 0 spiro atoms. The van der Waals surface area contributed by atoms with E-state index >= 15 is 0 Å². The Hall–Kier alpha value is -0.860. The van der Waals surface area contributed by atoms with Gasteiger partial charge in [0.25, 0.3) is 0 Å². The summed E-state index contributed by atoms with van der Waals surface area (Å²) in [5.74, 6) is -14.1. The Labute approximate surface area is 134 Å². The van der Waals surface area contributed by atoms with Crippen molar-refractivity contribution in [3.8, 4) is 0 Å². The van der Waals surface area contributed by atoms with Crippen LogP contribution in [0.2, 0.25) is 0 Å². The molecule has 25 heavy (non-hydrogen) atoms. The van der Waals surface area contributed by atoms with Gasteiger partial charge in [-0.05, 0) is 20.8 Å². The first-order valence-electron chi connectivity index (χ1n) is 6.27. The van der Waals surface area contributed by atoms with Crippen molar-refractivity contribution in [3.05, 3.63) is 0 Å². The summed E-state index contributed by atoms with van der Waals surface area (Å²) in [5, 5.41) is 24.3. The van der Waals surface area contributed by atoms with Crippen LogP contribution in [-0.4, -0.2) is 63.1 Å². The van der Waals surface area contributed by atoms with Gasteiger partial charge < -0.3 is 20.1 Å². The average molecular weight is 400 g/mol. The molecule has 0 aromatic heterocycles. The fourth-order valence-corrected chi connectivity index (χ4v) is 1.57. The maximum atomic E-state index is 12.6. The van der Waals surface area contributed by atoms with Gasteiger partial charge in [0.1, 0.15) is 12.2 Å². The van der Waals surface area contributed by atoms with E-state index < -0.39 is 47.8 Å². The number of ether oxygens (including phenoxy) is 1. The van der Waals surface area contributed by atoms with Gasteiger partial charge >= 0.3 is 30.0 Å². The second-order valence-corrected chi connectivity index (χ2v) is 5.38. The Kier molecular flexibility index (Phi) is 6.17. The lowest BCUT2D eigenvalue weighted by atomic mass is 9.86. The zero-order valence-corrected chi connectivity index (χ0v) is 12.7. The predicted octanol–water partition coefficient (Wildman–Crippen LogP) is 2.61. The van der Waals surface area contributed by atoms with Gasteiger partial charge in [-0.2, -0.15) is 35.1 Å². The number of hydrogen-bond donors (Lipinski definition) is 3. The first-order valence-corrected chi connectivity index (χ1v) is 6.27. The van der Waals surface area contributed by atoms with Crippen molar-refractivity contribution in [2.45, 2.75) is 68.6 Å². The highest BCUT2D eigenvalue weighted by Gasteiger charge is 2.78. The van der Waals surface area contributed by atoms with E-state index in [1.807, 2.05) is 0 Å². The van der Waals surface area contributed by atoms with Gasteiger partial charge in [-0.3, -0.25) is 0 Å². The van der Waals surface area contributed by atoms with Crippen molar-refractivity contribution in [1.82, 2.24) is 0 Å².